The van der Waals surface area contributed by atoms with Crippen LogP contribution < -0.4 is 10.8 Å². The van der Waals surface area contributed by atoms with Gasteiger partial charge >= 0.3 is 5.97 Å². The van der Waals surface area contributed by atoms with Crippen molar-refractivity contribution in [3.8, 4) is 0 Å². The number of hydrogen-bond acceptors (Lipinski definition) is 4. The molecule has 7 nitrogen and oxygen atoms in total. The molecular formula is C10H18N2O5. The molecule has 0 saturated carbocycles. The summed E-state index contributed by atoms with van der Waals surface area (Å²) in [5, 5.41) is 19.3. The minimum Gasteiger partial charge on any atom is -0.480 e. The van der Waals surface area contributed by atoms with Crippen LogP contribution in [-0.4, -0.2) is 34.1 Å². The van der Waals surface area contributed by atoms with E-state index >= 15 is 0 Å². The predicted octanol–water partition coefficient (Wildman–Crippen LogP) is -0.112. The van der Waals surface area contributed by atoms with Crippen LogP contribution in [0.15, 0.2) is 0 Å². The van der Waals surface area contributed by atoms with Gasteiger partial charge in [-0.2, -0.15) is 0 Å². The molecule has 0 aliphatic rings. The Hall–Kier alpha value is -1.63. The average Bonchev–Trinajstić information content (AvgIpc) is 2.27. The second-order valence-electron chi connectivity index (χ2n) is 3.79. The smallest absolute Gasteiger partial charge is 0.325 e. The molecule has 98 valence electrons. The Morgan fingerprint density at radius 1 is 1.29 bits per heavy atom. The number of nitrogens with one attached hydrogen (secondary N) is 2. The molecule has 17 heavy (non-hydrogen) atoms. The van der Waals surface area contributed by atoms with Crippen molar-refractivity contribution in [1.29, 1.82) is 0 Å². The van der Waals surface area contributed by atoms with E-state index in [1.807, 2.05) is 6.92 Å². The number of amides is 2. The Kier molecular flexibility index (Phi) is 6.88. The molecule has 2 amide bonds. The molecule has 0 radical (unpaired) electrons. The number of carboxylic acids is 1. The van der Waals surface area contributed by atoms with Crippen molar-refractivity contribution in [3.05, 3.63) is 0 Å². The summed E-state index contributed by atoms with van der Waals surface area (Å²) < 4.78 is 0. The molecular weight excluding hydrogens is 228 g/mol. The molecule has 0 aliphatic carbocycles. The summed E-state index contributed by atoms with van der Waals surface area (Å²) >= 11 is 0. The molecule has 0 aliphatic heterocycles. The maximum Gasteiger partial charge on any atom is 0.325 e. The van der Waals surface area contributed by atoms with Crippen molar-refractivity contribution in [2.24, 2.45) is 5.92 Å². The van der Waals surface area contributed by atoms with Crippen molar-refractivity contribution >= 4 is 17.8 Å². The Balaban J connectivity index is 4.43. The van der Waals surface area contributed by atoms with Gasteiger partial charge in [-0.1, -0.05) is 13.3 Å². The van der Waals surface area contributed by atoms with Crippen LogP contribution in [0, 0.1) is 5.92 Å². The fourth-order valence-electron chi connectivity index (χ4n) is 1.34. The highest BCUT2D eigenvalue weighted by Gasteiger charge is 2.23. The lowest BCUT2D eigenvalue weighted by Crippen LogP contribution is -2.42. The van der Waals surface area contributed by atoms with Crippen LogP contribution in [0.25, 0.3) is 0 Å². The lowest BCUT2D eigenvalue weighted by atomic mass is 9.98. The molecule has 0 bridgehead atoms. The first-order chi connectivity index (χ1) is 7.92. The molecule has 2 atom stereocenters. The summed E-state index contributed by atoms with van der Waals surface area (Å²) in [4.78, 5) is 33.2. The van der Waals surface area contributed by atoms with Gasteiger partial charge in [0.05, 0.1) is 0 Å². The number of rotatable bonds is 7. The van der Waals surface area contributed by atoms with Crippen molar-refractivity contribution in [1.82, 2.24) is 10.8 Å². The van der Waals surface area contributed by atoms with Gasteiger partial charge in [0, 0.05) is 12.3 Å². The average molecular weight is 246 g/mol. The molecule has 0 spiro atoms. The van der Waals surface area contributed by atoms with Crippen LogP contribution in [0.1, 0.15) is 33.1 Å². The summed E-state index contributed by atoms with van der Waals surface area (Å²) in [5.74, 6) is -2.93. The van der Waals surface area contributed by atoms with Gasteiger partial charge in [0.25, 0.3) is 0 Å². The number of aliphatic carboxylic acids is 1. The van der Waals surface area contributed by atoms with Crippen molar-refractivity contribution < 1.29 is 24.7 Å². The first-order valence-corrected chi connectivity index (χ1v) is 5.38. The van der Waals surface area contributed by atoms with E-state index in [1.54, 1.807) is 0 Å². The maximum atomic E-state index is 11.7. The Labute approximate surface area is 99.2 Å². The zero-order valence-electron chi connectivity index (χ0n) is 9.90. The third-order valence-electron chi connectivity index (χ3n) is 2.29. The van der Waals surface area contributed by atoms with Gasteiger partial charge in [0.15, 0.2) is 0 Å². The lowest BCUT2D eigenvalue weighted by Gasteiger charge is -2.17. The quantitative estimate of drug-likeness (QED) is 0.369. The minimum atomic E-state index is -1.14. The normalized spacial score (nSPS) is 13.6. The van der Waals surface area contributed by atoms with Crippen LogP contribution in [0.4, 0.5) is 0 Å². The third-order valence-corrected chi connectivity index (χ3v) is 2.29. The van der Waals surface area contributed by atoms with E-state index in [2.05, 4.69) is 5.32 Å². The van der Waals surface area contributed by atoms with Gasteiger partial charge in [0.1, 0.15) is 6.04 Å². The molecule has 4 N–H and O–H groups in total. The van der Waals surface area contributed by atoms with E-state index in [9.17, 15) is 14.4 Å². The fraction of sp³-hybridized carbons (Fsp3) is 0.700. The van der Waals surface area contributed by atoms with Crippen LogP contribution in [0.2, 0.25) is 0 Å². The van der Waals surface area contributed by atoms with Crippen molar-refractivity contribution in [2.75, 3.05) is 0 Å². The van der Waals surface area contributed by atoms with E-state index in [0.717, 1.165) is 0 Å². The first kappa shape index (κ1) is 15.4. The van der Waals surface area contributed by atoms with Crippen LogP contribution in [-0.2, 0) is 14.4 Å². The minimum absolute atomic E-state index is 0.164. The van der Waals surface area contributed by atoms with Gasteiger partial charge in [-0.25, -0.2) is 5.48 Å². The van der Waals surface area contributed by atoms with Crippen molar-refractivity contribution in [3.63, 3.8) is 0 Å². The predicted molar refractivity (Wildman–Crippen MR) is 58.2 cm³/mol. The number of carbonyl (C=O) groups is 3. The molecule has 0 saturated heterocycles. The summed E-state index contributed by atoms with van der Waals surface area (Å²) in [7, 11) is 0. The summed E-state index contributed by atoms with van der Waals surface area (Å²) in [6.45, 7) is 3.19. The number of hydrogen-bond donors (Lipinski definition) is 4. The second-order valence-corrected chi connectivity index (χ2v) is 3.79. The molecule has 0 aromatic heterocycles. The molecule has 0 rings (SSSR count). The van der Waals surface area contributed by atoms with Gasteiger partial charge < -0.3 is 10.4 Å². The highest BCUT2D eigenvalue weighted by atomic mass is 16.5. The van der Waals surface area contributed by atoms with Crippen LogP contribution in [0.5, 0.6) is 0 Å². The fourth-order valence-corrected chi connectivity index (χ4v) is 1.34. The summed E-state index contributed by atoms with van der Waals surface area (Å²) in [5.41, 5.74) is 1.45. The van der Waals surface area contributed by atoms with Gasteiger partial charge in [-0.05, 0) is 13.3 Å². The highest BCUT2D eigenvalue weighted by molar-refractivity contribution is 5.88. The highest BCUT2D eigenvalue weighted by Crippen LogP contribution is 2.11. The monoisotopic (exact) mass is 246 g/mol. The topological polar surface area (TPSA) is 116 Å². The number of hydroxylamine groups is 1. The van der Waals surface area contributed by atoms with E-state index in [1.165, 1.54) is 12.4 Å². The molecule has 7 heteroatoms. The summed E-state index contributed by atoms with van der Waals surface area (Å²) in [6, 6.07) is -1.00. The largest absolute Gasteiger partial charge is 0.480 e. The van der Waals surface area contributed by atoms with Gasteiger partial charge in [0.2, 0.25) is 11.8 Å². The van der Waals surface area contributed by atoms with Crippen molar-refractivity contribution in [2.45, 2.75) is 39.2 Å². The Morgan fingerprint density at radius 2 is 1.88 bits per heavy atom. The standard InChI is InChI=1S/C10H18N2O5/c1-3-4-7(5-8(13)12-17)9(14)11-6(2)10(15)16/h6-7,17H,3-5H2,1-2H3,(H,11,14)(H,12,13)(H,15,16). The lowest BCUT2D eigenvalue weighted by molar-refractivity contribution is -0.142. The zero-order valence-corrected chi connectivity index (χ0v) is 9.90. The van der Waals surface area contributed by atoms with Gasteiger partial charge in [-0.15, -0.1) is 0 Å². The molecule has 0 aromatic rings. The molecule has 0 heterocycles. The summed E-state index contributed by atoms with van der Waals surface area (Å²) in [6.07, 6.45) is 0.965. The van der Waals surface area contributed by atoms with E-state index in [-0.39, 0.29) is 6.42 Å². The zero-order chi connectivity index (χ0) is 13.4. The van der Waals surface area contributed by atoms with E-state index < -0.39 is 29.7 Å². The molecule has 0 aromatic carbocycles. The Morgan fingerprint density at radius 3 is 2.29 bits per heavy atom. The van der Waals surface area contributed by atoms with Gasteiger partial charge in [-0.3, -0.25) is 19.6 Å². The van der Waals surface area contributed by atoms with E-state index in [4.69, 9.17) is 10.3 Å². The number of carbonyl (C=O) groups excluding carboxylic acids is 2. The SMILES string of the molecule is CCCC(CC(=O)NO)C(=O)NC(C)C(=O)O. The Bertz CT molecular complexity index is 292. The first-order valence-electron chi connectivity index (χ1n) is 5.38. The molecule has 0 fully saturated rings. The van der Waals surface area contributed by atoms with Crippen LogP contribution >= 0.6 is 0 Å². The maximum absolute atomic E-state index is 11.7. The third kappa shape index (κ3) is 5.86. The second kappa shape index (κ2) is 7.61. The number of carboxylic acid groups (broad SMARTS) is 1. The molecule has 2 unspecified atom stereocenters. The van der Waals surface area contributed by atoms with E-state index in [0.29, 0.717) is 12.8 Å². The van der Waals surface area contributed by atoms with Crippen LogP contribution in [0.3, 0.4) is 0 Å².